The average Bonchev–Trinajstić information content (AvgIpc) is 2.28. The van der Waals surface area contributed by atoms with Crippen LogP contribution in [0.5, 0.6) is 0 Å². The normalized spacial score (nSPS) is 10.9. The Morgan fingerprint density at radius 1 is 1.53 bits per heavy atom. The predicted molar refractivity (Wildman–Crippen MR) is 70.1 cm³/mol. The molecule has 0 heterocycles. The van der Waals surface area contributed by atoms with E-state index in [0.29, 0.717) is 16.5 Å². The molecule has 0 radical (unpaired) electrons. The van der Waals surface area contributed by atoms with Gasteiger partial charge in [-0.1, -0.05) is 11.8 Å². The van der Waals surface area contributed by atoms with Gasteiger partial charge in [-0.2, -0.15) is 5.26 Å². The number of amidine groups is 1. The van der Waals surface area contributed by atoms with Crippen molar-refractivity contribution in [3.8, 4) is 6.19 Å². The van der Waals surface area contributed by atoms with Crippen LogP contribution in [0.1, 0.15) is 0 Å². The highest BCUT2D eigenvalue weighted by molar-refractivity contribution is 8.13. The van der Waals surface area contributed by atoms with Gasteiger partial charge in [-0.05, 0) is 18.4 Å². The highest BCUT2D eigenvalue weighted by Gasteiger charge is 2.05. The molecule has 0 saturated carbocycles. The number of anilines is 1. The summed E-state index contributed by atoms with van der Waals surface area (Å²) in [5, 5.41) is 11.3. The topological polar surface area (TPSA) is 51.4 Å². The molecule has 0 aromatic heterocycles. The van der Waals surface area contributed by atoms with Gasteiger partial charge in [0.15, 0.2) is 11.4 Å². The second kappa shape index (κ2) is 6.11. The van der Waals surface area contributed by atoms with E-state index in [-0.39, 0.29) is 5.82 Å². The summed E-state index contributed by atoms with van der Waals surface area (Å²) in [7, 11) is 3.54. The van der Waals surface area contributed by atoms with Crippen molar-refractivity contribution in [2.75, 3.05) is 25.3 Å². The zero-order valence-electron chi connectivity index (χ0n) is 9.86. The zero-order valence-corrected chi connectivity index (χ0v) is 10.7. The summed E-state index contributed by atoms with van der Waals surface area (Å²) >= 11 is 1.29. The molecule has 0 fully saturated rings. The number of aliphatic imine (C=N–C) groups is 1. The molecule has 0 spiro atoms. The fourth-order valence-electron chi connectivity index (χ4n) is 1.22. The van der Waals surface area contributed by atoms with Gasteiger partial charge in [0, 0.05) is 20.2 Å². The van der Waals surface area contributed by atoms with Crippen LogP contribution in [0.3, 0.4) is 0 Å². The van der Waals surface area contributed by atoms with E-state index in [1.807, 2.05) is 0 Å². The summed E-state index contributed by atoms with van der Waals surface area (Å²) in [5.74, 6) is -0.339. The predicted octanol–water partition coefficient (Wildman–Crippen LogP) is 2.31. The smallest absolute Gasteiger partial charge is 0.183 e. The first-order chi connectivity index (χ1) is 8.08. The van der Waals surface area contributed by atoms with Crippen molar-refractivity contribution >= 4 is 28.3 Å². The largest absolute Gasteiger partial charge is 0.375 e. The third-order valence-electron chi connectivity index (χ3n) is 2.00. The number of nitriles is 1. The summed E-state index contributed by atoms with van der Waals surface area (Å²) in [6.07, 6.45) is 3.57. The maximum atomic E-state index is 13.6. The minimum absolute atomic E-state index is 0.339. The number of benzene rings is 1. The average molecular weight is 252 g/mol. The molecule has 0 aliphatic rings. The molecule has 1 rings (SSSR count). The van der Waals surface area contributed by atoms with E-state index >= 15 is 0 Å². The Bertz CT molecular complexity index is 465. The molecule has 0 aliphatic heterocycles. The standard InChI is InChI=1S/C11H13FN4S/c1-16(2)10-5-4-8(6-9(10)12)15-11(17-3)14-7-13/h4-6H,1-3H3,(H,14,15). The summed E-state index contributed by atoms with van der Waals surface area (Å²) in [6.45, 7) is 0. The van der Waals surface area contributed by atoms with Crippen LogP contribution in [0.4, 0.5) is 15.8 Å². The van der Waals surface area contributed by atoms with Crippen molar-refractivity contribution in [1.82, 2.24) is 5.32 Å². The molecule has 90 valence electrons. The molecule has 6 heteroatoms. The fourth-order valence-corrected chi connectivity index (χ4v) is 1.56. The lowest BCUT2D eigenvalue weighted by Gasteiger charge is -2.13. The zero-order chi connectivity index (χ0) is 12.8. The molecular formula is C11H13FN4S. The third kappa shape index (κ3) is 3.64. The number of hydrogen-bond donors (Lipinski definition) is 1. The minimum atomic E-state index is -0.339. The van der Waals surface area contributed by atoms with Crippen LogP contribution in [-0.4, -0.2) is 25.5 Å². The van der Waals surface area contributed by atoms with E-state index in [4.69, 9.17) is 5.26 Å². The maximum absolute atomic E-state index is 13.6. The fraction of sp³-hybridized carbons (Fsp3) is 0.273. The van der Waals surface area contributed by atoms with E-state index in [1.165, 1.54) is 17.8 Å². The van der Waals surface area contributed by atoms with Crippen LogP contribution in [0.15, 0.2) is 23.2 Å². The Kier molecular flexibility index (Phi) is 4.79. The maximum Gasteiger partial charge on any atom is 0.183 e. The minimum Gasteiger partial charge on any atom is -0.375 e. The number of nitrogens with one attached hydrogen (secondary N) is 1. The molecule has 4 nitrogen and oxygen atoms in total. The molecule has 1 aromatic rings. The lowest BCUT2D eigenvalue weighted by molar-refractivity contribution is 0.626. The van der Waals surface area contributed by atoms with E-state index in [9.17, 15) is 4.39 Å². The van der Waals surface area contributed by atoms with Crippen molar-refractivity contribution in [3.63, 3.8) is 0 Å². The second-order valence-electron chi connectivity index (χ2n) is 3.39. The van der Waals surface area contributed by atoms with Gasteiger partial charge in [0.1, 0.15) is 5.82 Å². The van der Waals surface area contributed by atoms with Crippen molar-refractivity contribution in [3.05, 3.63) is 24.0 Å². The second-order valence-corrected chi connectivity index (χ2v) is 4.18. The van der Waals surface area contributed by atoms with Crippen LogP contribution in [0, 0.1) is 17.3 Å². The molecular weight excluding hydrogens is 239 g/mol. The van der Waals surface area contributed by atoms with Gasteiger partial charge in [0.25, 0.3) is 0 Å². The van der Waals surface area contributed by atoms with Gasteiger partial charge in [0.05, 0.1) is 11.4 Å². The summed E-state index contributed by atoms with van der Waals surface area (Å²) in [6, 6.07) is 4.69. The van der Waals surface area contributed by atoms with Crippen LogP contribution in [0.25, 0.3) is 0 Å². The van der Waals surface area contributed by atoms with Crippen molar-refractivity contribution in [2.45, 2.75) is 0 Å². The number of thioether (sulfide) groups is 1. The first-order valence-electron chi connectivity index (χ1n) is 4.83. The van der Waals surface area contributed by atoms with Gasteiger partial charge in [-0.25, -0.2) is 9.38 Å². The quantitative estimate of drug-likeness (QED) is 0.380. The number of halogens is 1. The molecule has 0 amide bonds. The van der Waals surface area contributed by atoms with Gasteiger partial charge < -0.3 is 4.90 Å². The van der Waals surface area contributed by atoms with E-state index in [2.05, 4.69) is 10.3 Å². The van der Waals surface area contributed by atoms with E-state index in [0.717, 1.165) is 0 Å². The highest BCUT2D eigenvalue weighted by atomic mass is 32.2. The molecule has 0 saturated heterocycles. The number of nitrogens with zero attached hydrogens (tertiary/aromatic N) is 3. The van der Waals surface area contributed by atoms with Crippen LogP contribution in [-0.2, 0) is 0 Å². The van der Waals surface area contributed by atoms with Crippen LogP contribution < -0.4 is 10.2 Å². The lowest BCUT2D eigenvalue weighted by atomic mass is 10.2. The Hall–Kier alpha value is -1.74. The number of rotatable bonds is 2. The van der Waals surface area contributed by atoms with E-state index < -0.39 is 0 Å². The Morgan fingerprint density at radius 2 is 2.24 bits per heavy atom. The highest BCUT2D eigenvalue weighted by Crippen LogP contribution is 2.23. The molecule has 1 aromatic carbocycles. The molecule has 0 atom stereocenters. The first kappa shape index (κ1) is 13.3. The van der Waals surface area contributed by atoms with Crippen molar-refractivity contribution in [2.24, 2.45) is 4.99 Å². The number of hydrogen-bond acceptors (Lipinski definition) is 4. The van der Waals surface area contributed by atoms with Crippen LogP contribution in [0.2, 0.25) is 0 Å². The van der Waals surface area contributed by atoms with Gasteiger partial charge in [-0.15, -0.1) is 0 Å². The first-order valence-corrected chi connectivity index (χ1v) is 6.05. The van der Waals surface area contributed by atoms with E-state index in [1.54, 1.807) is 43.6 Å². The van der Waals surface area contributed by atoms with Gasteiger partial charge >= 0.3 is 0 Å². The SMILES string of the molecule is CSC(=Nc1ccc(N(C)C)c(F)c1)NC#N. The monoisotopic (exact) mass is 252 g/mol. The van der Waals surface area contributed by atoms with Gasteiger partial charge in [0.2, 0.25) is 0 Å². The van der Waals surface area contributed by atoms with Gasteiger partial charge in [-0.3, -0.25) is 5.32 Å². The molecule has 0 unspecified atom stereocenters. The summed E-state index contributed by atoms with van der Waals surface area (Å²) in [5.41, 5.74) is 0.975. The molecule has 17 heavy (non-hydrogen) atoms. The Labute approximate surface area is 104 Å². The lowest BCUT2D eigenvalue weighted by Crippen LogP contribution is -2.12. The van der Waals surface area contributed by atoms with Crippen molar-refractivity contribution in [1.29, 1.82) is 5.26 Å². The Morgan fingerprint density at radius 3 is 2.71 bits per heavy atom. The van der Waals surface area contributed by atoms with Crippen molar-refractivity contribution < 1.29 is 4.39 Å². The summed E-state index contributed by atoms with van der Waals surface area (Å²) in [4.78, 5) is 5.80. The molecule has 0 aliphatic carbocycles. The van der Waals surface area contributed by atoms with Crippen LogP contribution >= 0.6 is 11.8 Å². The molecule has 0 bridgehead atoms. The molecule has 1 N–H and O–H groups in total. The summed E-state index contributed by atoms with van der Waals surface area (Å²) < 4.78 is 13.6. The third-order valence-corrected chi connectivity index (χ3v) is 2.58. The Balaban J connectivity index is 3.02.